The molecule has 1 atom stereocenters. The topological polar surface area (TPSA) is 48.1 Å². The summed E-state index contributed by atoms with van der Waals surface area (Å²) in [5.74, 6) is 0.799. The first-order chi connectivity index (χ1) is 9.16. The highest BCUT2D eigenvalue weighted by Gasteiger charge is 2.08. The Hall–Kier alpha value is -1.58. The molecule has 3 nitrogen and oxygen atoms in total. The monoisotopic (exact) mass is 276 g/mol. The highest BCUT2D eigenvalue weighted by molar-refractivity contribution is 6.30. The van der Waals surface area contributed by atoms with Gasteiger partial charge in [0.1, 0.15) is 5.75 Å². The molecule has 1 aromatic heterocycles. The van der Waals surface area contributed by atoms with Crippen molar-refractivity contribution in [2.45, 2.75) is 19.4 Å². The number of aromatic nitrogens is 1. The zero-order valence-electron chi connectivity index (χ0n) is 10.8. The molecule has 0 aliphatic heterocycles. The Morgan fingerprint density at radius 1 is 1.26 bits per heavy atom. The number of nitrogens with zero attached hydrogens (tertiary/aromatic N) is 1. The van der Waals surface area contributed by atoms with E-state index in [0.717, 1.165) is 17.7 Å². The largest absolute Gasteiger partial charge is 0.493 e. The quantitative estimate of drug-likeness (QED) is 0.911. The van der Waals surface area contributed by atoms with Crippen LogP contribution in [0, 0.1) is 0 Å². The summed E-state index contributed by atoms with van der Waals surface area (Å²) in [4.78, 5) is 3.99. The van der Waals surface area contributed by atoms with E-state index in [0.29, 0.717) is 11.6 Å². The summed E-state index contributed by atoms with van der Waals surface area (Å²) in [5.41, 5.74) is 8.05. The van der Waals surface area contributed by atoms with Crippen LogP contribution in [0.2, 0.25) is 5.02 Å². The van der Waals surface area contributed by atoms with Crippen molar-refractivity contribution in [1.82, 2.24) is 4.98 Å². The molecule has 19 heavy (non-hydrogen) atoms. The van der Waals surface area contributed by atoms with Crippen LogP contribution in [-0.4, -0.2) is 11.6 Å². The van der Waals surface area contributed by atoms with Crippen LogP contribution in [0.25, 0.3) is 0 Å². The van der Waals surface area contributed by atoms with E-state index in [4.69, 9.17) is 22.1 Å². The summed E-state index contributed by atoms with van der Waals surface area (Å²) < 4.78 is 5.80. The molecule has 0 fully saturated rings. The third-order valence-electron chi connectivity index (χ3n) is 2.86. The zero-order chi connectivity index (χ0) is 13.7. The first kappa shape index (κ1) is 13.8. The number of pyridine rings is 1. The van der Waals surface area contributed by atoms with Crippen LogP contribution in [0.4, 0.5) is 0 Å². The van der Waals surface area contributed by atoms with Gasteiger partial charge in [-0.1, -0.05) is 11.6 Å². The van der Waals surface area contributed by atoms with Crippen LogP contribution in [-0.2, 0) is 6.42 Å². The Kier molecular flexibility index (Phi) is 4.77. The smallest absolute Gasteiger partial charge is 0.124 e. The van der Waals surface area contributed by atoms with Gasteiger partial charge in [-0.2, -0.15) is 0 Å². The highest BCUT2D eigenvalue weighted by Crippen LogP contribution is 2.27. The second-order valence-electron chi connectivity index (χ2n) is 4.42. The minimum atomic E-state index is -0.102. The van der Waals surface area contributed by atoms with Gasteiger partial charge in [-0.3, -0.25) is 4.98 Å². The predicted molar refractivity (Wildman–Crippen MR) is 77.5 cm³/mol. The fraction of sp³-hybridized carbons (Fsp3) is 0.267. The van der Waals surface area contributed by atoms with E-state index in [2.05, 4.69) is 4.98 Å². The first-order valence-corrected chi connectivity index (χ1v) is 6.61. The van der Waals surface area contributed by atoms with Crippen molar-refractivity contribution < 1.29 is 4.74 Å². The standard InChI is InChI=1S/C15H17ClN2O/c1-11(17)14-10-13(16)2-3-15(14)19-9-6-12-4-7-18-8-5-12/h2-5,7-8,10-11H,6,9,17H2,1H3/t11-/m1/s1. The van der Waals surface area contributed by atoms with Crippen molar-refractivity contribution in [3.05, 3.63) is 58.9 Å². The van der Waals surface area contributed by atoms with Gasteiger partial charge in [-0.15, -0.1) is 0 Å². The minimum Gasteiger partial charge on any atom is -0.493 e. The summed E-state index contributed by atoms with van der Waals surface area (Å²) >= 11 is 5.97. The van der Waals surface area contributed by atoms with Crippen molar-refractivity contribution in [1.29, 1.82) is 0 Å². The normalized spacial score (nSPS) is 12.2. The Morgan fingerprint density at radius 3 is 2.68 bits per heavy atom. The van der Waals surface area contributed by atoms with Crippen LogP contribution in [0.5, 0.6) is 5.75 Å². The number of benzene rings is 1. The molecule has 2 aromatic rings. The number of hydrogen-bond donors (Lipinski definition) is 1. The summed E-state index contributed by atoms with van der Waals surface area (Å²) in [5, 5.41) is 0.675. The number of nitrogens with two attached hydrogens (primary N) is 1. The highest BCUT2D eigenvalue weighted by atomic mass is 35.5. The lowest BCUT2D eigenvalue weighted by Gasteiger charge is -2.14. The van der Waals surface area contributed by atoms with Gasteiger partial charge in [0.2, 0.25) is 0 Å². The van der Waals surface area contributed by atoms with Gasteiger partial charge in [0.05, 0.1) is 6.61 Å². The maximum absolute atomic E-state index is 5.97. The van der Waals surface area contributed by atoms with E-state index >= 15 is 0 Å². The molecule has 0 radical (unpaired) electrons. The third kappa shape index (κ3) is 3.94. The van der Waals surface area contributed by atoms with Crippen LogP contribution in [0.1, 0.15) is 24.1 Å². The Labute approximate surface area is 118 Å². The van der Waals surface area contributed by atoms with E-state index in [9.17, 15) is 0 Å². The van der Waals surface area contributed by atoms with Gasteiger partial charge < -0.3 is 10.5 Å². The van der Waals surface area contributed by atoms with Gasteiger partial charge in [-0.05, 0) is 42.8 Å². The van der Waals surface area contributed by atoms with Gasteiger partial charge >= 0.3 is 0 Å². The second-order valence-corrected chi connectivity index (χ2v) is 4.86. The van der Waals surface area contributed by atoms with Crippen molar-refractivity contribution in [3.63, 3.8) is 0 Å². The molecule has 0 aliphatic carbocycles. The van der Waals surface area contributed by atoms with Crippen molar-refractivity contribution >= 4 is 11.6 Å². The first-order valence-electron chi connectivity index (χ1n) is 6.23. The average molecular weight is 277 g/mol. The molecule has 0 aliphatic rings. The molecule has 2 N–H and O–H groups in total. The Bertz CT molecular complexity index is 529. The Morgan fingerprint density at radius 2 is 2.00 bits per heavy atom. The third-order valence-corrected chi connectivity index (χ3v) is 3.10. The van der Waals surface area contributed by atoms with Crippen LogP contribution in [0.15, 0.2) is 42.7 Å². The lowest BCUT2D eigenvalue weighted by Crippen LogP contribution is -2.09. The van der Waals surface area contributed by atoms with E-state index in [1.807, 2.05) is 37.3 Å². The molecule has 1 heterocycles. The van der Waals surface area contributed by atoms with Gasteiger partial charge in [-0.25, -0.2) is 0 Å². The van der Waals surface area contributed by atoms with Crippen molar-refractivity contribution in [2.24, 2.45) is 5.73 Å². The predicted octanol–water partition coefficient (Wildman–Crippen LogP) is 3.38. The molecule has 0 bridgehead atoms. The molecule has 0 spiro atoms. The second kappa shape index (κ2) is 6.55. The molecule has 2 rings (SSSR count). The molecule has 4 heteroatoms. The van der Waals surface area contributed by atoms with E-state index in [1.165, 1.54) is 5.56 Å². The van der Waals surface area contributed by atoms with Crippen LogP contribution in [0.3, 0.4) is 0 Å². The molecule has 0 unspecified atom stereocenters. The summed E-state index contributed by atoms with van der Waals surface area (Å²) in [6.07, 6.45) is 4.40. The minimum absolute atomic E-state index is 0.102. The number of hydrogen-bond acceptors (Lipinski definition) is 3. The van der Waals surface area contributed by atoms with Crippen molar-refractivity contribution in [3.8, 4) is 5.75 Å². The summed E-state index contributed by atoms with van der Waals surface area (Å²) in [6, 6.07) is 9.40. The lowest BCUT2D eigenvalue weighted by atomic mass is 10.1. The van der Waals surface area contributed by atoms with Crippen molar-refractivity contribution in [2.75, 3.05) is 6.61 Å². The average Bonchev–Trinajstić information content (AvgIpc) is 2.41. The lowest BCUT2D eigenvalue weighted by molar-refractivity contribution is 0.317. The number of rotatable bonds is 5. The number of halogens is 1. The molecule has 1 aromatic carbocycles. The van der Waals surface area contributed by atoms with Gasteiger partial charge in [0.25, 0.3) is 0 Å². The fourth-order valence-electron chi connectivity index (χ4n) is 1.83. The SMILES string of the molecule is C[C@@H](N)c1cc(Cl)ccc1OCCc1ccncc1. The maximum Gasteiger partial charge on any atom is 0.124 e. The van der Waals surface area contributed by atoms with Crippen LogP contribution < -0.4 is 10.5 Å². The van der Waals surface area contributed by atoms with E-state index < -0.39 is 0 Å². The molecular weight excluding hydrogens is 260 g/mol. The molecule has 100 valence electrons. The number of ether oxygens (including phenoxy) is 1. The molecule has 0 amide bonds. The maximum atomic E-state index is 5.97. The van der Waals surface area contributed by atoms with Gasteiger partial charge in [0.15, 0.2) is 0 Å². The fourth-order valence-corrected chi connectivity index (χ4v) is 2.02. The molecule has 0 saturated carbocycles. The zero-order valence-corrected chi connectivity index (χ0v) is 11.6. The van der Waals surface area contributed by atoms with E-state index in [-0.39, 0.29) is 6.04 Å². The Balaban J connectivity index is 2.00. The summed E-state index contributed by atoms with van der Waals surface area (Å²) in [6.45, 7) is 2.52. The molecular formula is C15H17ClN2O. The van der Waals surface area contributed by atoms with E-state index in [1.54, 1.807) is 12.4 Å². The molecule has 0 saturated heterocycles. The van der Waals surface area contributed by atoms with Crippen LogP contribution >= 0.6 is 11.6 Å². The van der Waals surface area contributed by atoms with Gasteiger partial charge in [0, 0.05) is 35.4 Å². The summed E-state index contributed by atoms with van der Waals surface area (Å²) in [7, 11) is 0.